The first kappa shape index (κ1) is 24.8. The van der Waals surface area contributed by atoms with Crippen molar-refractivity contribution in [3.63, 3.8) is 0 Å². The Labute approximate surface area is 209 Å². The molecular weight excluding hydrogens is 434 g/mol. The van der Waals surface area contributed by atoms with Crippen LogP contribution in [-0.4, -0.2) is 51.1 Å². The summed E-state index contributed by atoms with van der Waals surface area (Å²) in [7, 11) is 4.09. The molecule has 0 saturated carbocycles. The zero-order chi connectivity index (χ0) is 24.9. The molecule has 1 aliphatic rings. The van der Waals surface area contributed by atoms with Gasteiger partial charge in [-0.3, -0.25) is 4.79 Å². The van der Waals surface area contributed by atoms with Gasteiger partial charge in [-0.25, -0.2) is 0 Å². The summed E-state index contributed by atoms with van der Waals surface area (Å²) < 4.78 is 6.46. The summed E-state index contributed by atoms with van der Waals surface area (Å²) in [6.07, 6.45) is 0.914. The zero-order valence-electron chi connectivity index (χ0n) is 21.6. The van der Waals surface area contributed by atoms with E-state index in [1.807, 2.05) is 32.3 Å². The molecule has 0 fully saturated rings. The largest absolute Gasteiger partial charge is 0.457 e. The van der Waals surface area contributed by atoms with Crippen LogP contribution in [0.4, 0.5) is 5.69 Å². The van der Waals surface area contributed by atoms with E-state index in [2.05, 4.69) is 78.4 Å². The average Bonchev–Trinajstić information content (AvgIpc) is 2.85. The Bertz CT molecular complexity index is 1180. The fourth-order valence-corrected chi connectivity index (χ4v) is 4.87. The molecule has 0 aliphatic carbocycles. The topological polar surface area (TPSA) is 44.8 Å². The second-order valence-corrected chi connectivity index (χ2v) is 9.47. The van der Waals surface area contributed by atoms with Gasteiger partial charge in [-0.1, -0.05) is 36.4 Å². The molecule has 0 spiro atoms. The molecule has 1 N–H and O–H groups in total. The molecule has 1 aliphatic heterocycles. The van der Waals surface area contributed by atoms with Crippen molar-refractivity contribution in [2.75, 3.05) is 45.2 Å². The van der Waals surface area contributed by atoms with Crippen LogP contribution < -0.4 is 15.0 Å². The first-order valence-corrected chi connectivity index (χ1v) is 12.6. The molecule has 4 rings (SSSR count). The number of hydrogen-bond acceptors (Lipinski definition) is 4. The monoisotopic (exact) mass is 471 g/mol. The lowest BCUT2D eigenvalue weighted by molar-refractivity contribution is 0.0951. The fourth-order valence-electron chi connectivity index (χ4n) is 4.87. The van der Waals surface area contributed by atoms with E-state index < -0.39 is 0 Å². The fraction of sp³-hybridized carbons (Fsp3) is 0.367. The highest BCUT2D eigenvalue weighted by Crippen LogP contribution is 2.49. The Balaban J connectivity index is 1.76. The van der Waals surface area contributed by atoms with Crippen molar-refractivity contribution in [3.8, 4) is 11.5 Å². The SMILES string of the molecule is CCN(CC)c1ccc2c(c1)Oc1cc(C)ccc1C2c1ccccc1C(=O)NCCCN(C)C. The highest BCUT2D eigenvalue weighted by Gasteiger charge is 2.31. The van der Waals surface area contributed by atoms with Gasteiger partial charge >= 0.3 is 0 Å². The van der Waals surface area contributed by atoms with Crippen molar-refractivity contribution in [2.45, 2.75) is 33.1 Å². The lowest BCUT2D eigenvalue weighted by atomic mass is 9.80. The number of hydrogen-bond donors (Lipinski definition) is 1. The number of nitrogens with zero attached hydrogens (tertiary/aromatic N) is 2. The van der Waals surface area contributed by atoms with Gasteiger partial charge < -0.3 is 19.9 Å². The summed E-state index contributed by atoms with van der Waals surface area (Å²) in [5.41, 5.74) is 6.20. The van der Waals surface area contributed by atoms with E-state index in [1.165, 1.54) is 0 Å². The molecular formula is C30H37N3O2. The quantitative estimate of drug-likeness (QED) is 0.313. The van der Waals surface area contributed by atoms with Gasteiger partial charge in [-0.2, -0.15) is 0 Å². The highest BCUT2D eigenvalue weighted by molar-refractivity contribution is 5.96. The molecule has 1 atom stereocenters. The minimum Gasteiger partial charge on any atom is -0.457 e. The molecule has 0 radical (unpaired) electrons. The van der Waals surface area contributed by atoms with Crippen molar-refractivity contribution in [1.29, 1.82) is 0 Å². The maximum Gasteiger partial charge on any atom is 0.251 e. The number of amides is 1. The van der Waals surface area contributed by atoms with Crippen LogP contribution in [-0.2, 0) is 0 Å². The summed E-state index contributed by atoms with van der Waals surface area (Å²) in [4.78, 5) is 17.7. The molecule has 3 aromatic rings. The van der Waals surface area contributed by atoms with Gasteiger partial charge in [0, 0.05) is 54.0 Å². The van der Waals surface area contributed by atoms with Gasteiger partial charge in [0.15, 0.2) is 0 Å². The Morgan fingerprint density at radius 1 is 0.914 bits per heavy atom. The van der Waals surface area contributed by atoms with Gasteiger partial charge in [-0.05, 0) is 77.2 Å². The van der Waals surface area contributed by atoms with Crippen LogP contribution >= 0.6 is 0 Å². The number of ether oxygens (including phenoxy) is 1. The third-order valence-corrected chi connectivity index (χ3v) is 6.72. The number of carbonyl (C=O) groups excluding carboxylic acids is 1. The van der Waals surface area contributed by atoms with Crippen LogP contribution in [0.1, 0.15) is 58.8 Å². The second kappa shape index (κ2) is 11.0. The summed E-state index contributed by atoms with van der Waals surface area (Å²) in [6, 6.07) is 20.8. The van der Waals surface area contributed by atoms with E-state index in [0.29, 0.717) is 6.54 Å². The van der Waals surface area contributed by atoms with Gasteiger partial charge in [0.2, 0.25) is 0 Å². The van der Waals surface area contributed by atoms with Crippen molar-refractivity contribution < 1.29 is 9.53 Å². The number of fused-ring (bicyclic) bond motifs is 2. The van der Waals surface area contributed by atoms with Crippen LogP contribution in [0.5, 0.6) is 11.5 Å². The highest BCUT2D eigenvalue weighted by atomic mass is 16.5. The van der Waals surface area contributed by atoms with Gasteiger partial charge in [0.25, 0.3) is 5.91 Å². The van der Waals surface area contributed by atoms with Crippen LogP contribution in [0.3, 0.4) is 0 Å². The van der Waals surface area contributed by atoms with Crippen LogP contribution in [0.25, 0.3) is 0 Å². The molecule has 1 unspecified atom stereocenters. The van der Waals surface area contributed by atoms with Crippen molar-refractivity contribution >= 4 is 11.6 Å². The number of carbonyl (C=O) groups is 1. The first-order chi connectivity index (χ1) is 16.9. The third-order valence-electron chi connectivity index (χ3n) is 6.72. The molecule has 0 bridgehead atoms. The number of rotatable bonds is 9. The van der Waals surface area contributed by atoms with E-state index in [1.54, 1.807) is 0 Å². The molecule has 5 nitrogen and oxygen atoms in total. The van der Waals surface area contributed by atoms with Crippen LogP contribution in [0.15, 0.2) is 60.7 Å². The normalized spacial score (nSPS) is 14.2. The second-order valence-electron chi connectivity index (χ2n) is 9.47. The standard InChI is InChI=1S/C30H37N3O2/c1-6-33(7-2)22-14-16-26-28(20-22)35-27-19-21(3)13-15-25(27)29(26)23-11-8-9-12-24(23)30(34)31-17-10-18-32(4)5/h8-9,11-16,19-20,29H,6-7,10,17-18H2,1-5H3,(H,31,34). The predicted molar refractivity (Wildman–Crippen MR) is 144 cm³/mol. The number of benzene rings is 3. The Hall–Kier alpha value is -3.31. The number of aryl methyl sites for hydroxylation is 1. The molecule has 184 valence electrons. The Kier molecular flexibility index (Phi) is 7.76. The lowest BCUT2D eigenvalue weighted by Crippen LogP contribution is -2.28. The molecule has 35 heavy (non-hydrogen) atoms. The van der Waals surface area contributed by atoms with Gasteiger partial charge in [0.05, 0.1) is 0 Å². The van der Waals surface area contributed by atoms with Crippen LogP contribution in [0.2, 0.25) is 0 Å². The number of anilines is 1. The van der Waals surface area contributed by atoms with Gasteiger partial charge in [0.1, 0.15) is 11.5 Å². The molecule has 1 heterocycles. The lowest BCUT2D eigenvalue weighted by Gasteiger charge is -2.31. The Morgan fingerprint density at radius 2 is 1.60 bits per heavy atom. The minimum atomic E-state index is -0.0798. The Morgan fingerprint density at radius 3 is 2.31 bits per heavy atom. The third kappa shape index (κ3) is 5.35. The molecule has 0 aromatic heterocycles. The zero-order valence-corrected chi connectivity index (χ0v) is 21.6. The molecule has 5 heteroatoms. The average molecular weight is 472 g/mol. The van der Waals surface area contributed by atoms with E-state index in [9.17, 15) is 4.79 Å². The van der Waals surface area contributed by atoms with Crippen molar-refractivity contribution in [3.05, 3.63) is 88.5 Å². The first-order valence-electron chi connectivity index (χ1n) is 12.6. The molecule has 0 saturated heterocycles. The van der Waals surface area contributed by atoms with Gasteiger partial charge in [-0.15, -0.1) is 0 Å². The van der Waals surface area contributed by atoms with E-state index in [0.717, 1.165) is 71.1 Å². The van der Waals surface area contributed by atoms with Crippen molar-refractivity contribution in [2.24, 2.45) is 0 Å². The predicted octanol–water partition coefficient (Wildman–Crippen LogP) is 5.81. The van der Waals surface area contributed by atoms with E-state index in [4.69, 9.17) is 4.74 Å². The molecule has 1 amide bonds. The van der Waals surface area contributed by atoms with E-state index >= 15 is 0 Å². The minimum absolute atomic E-state index is 0.0270. The maximum absolute atomic E-state index is 13.3. The summed E-state index contributed by atoms with van der Waals surface area (Å²) in [5.74, 6) is 1.61. The maximum atomic E-state index is 13.3. The summed E-state index contributed by atoms with van der Waals surface area (Å²) >= 11 is 0. The summed E-state index contributed by atoms with van der Waals surface area (Å²) in [6.45, 7) is 9.87. The van der Waals surface area contributed by atoms with Crippen molar-refractivity contribution in [1.82, 2.24) is 10.2 Å². The van der Waals surface area contributed by atoms with E-state index in [-0.39, 0.29) is 11.8 Å². The van der Waals surface area contributed by atoms with Crippen LogP contribution in [0, 0.1) is 6.92 Å². The summed E-state index contributed by atoms with van der Waals surface area (Å²) in [5, 5.41) is 3.13. The smallest absolute Gasteiger partial charge is 0.251 e. The molecule has 3 aromatic carbocycles. The number of nitrogens with one attached hydrogen (secondary N) is 1.